The van der Waals surface area contributed by atoms with Gasteiger partial charge in [0.1, 0.15) is 5.75 Å². The number of hydrogen-bond donors (Lipinski definition) is 1. The second-order valence-electron chi connectivity index (χ2n) is 3.86. The van der Waals surface area contributed by atoms with Crippen molar-refractivity contribution < 1.29 is 13.9 Å². The monoisotopic (exact) mass is 263 g/mol. The van der Waals surface area contributed by atoms with E-state index in [1.165, 1.54) is 6.08 Å². The maximum Gasteiger partial charge on any atom is 0.412 e. The maximum absolute atomic E-state index is 13.1. The minimum absolute atomic E-state index is 0.216. The molecule has 0 radical (unpaired) electrons. The van der Waals surface area contributed by atoms with Crippen LogP contribution in [0.3, 0.4) is 0 Å². The summed E-state index contributed by atoms with van der Waals surface area (Å²) < 4.78 is 18.2. The number of allylic oxidation sites excluding steroid dienone is 2. The largest absolute Gasteiger partial charge is 0.412 e. The predicted octanol–water partition coefficient (Wildman–Crippen LogP) is 3.98. The lowest BCUT2D eigenvalue weighted by Crippen LogP contribution is -2.28. The Morgan fingerprint density at radius 1 is 1.37 bits per heavy atom. The SMILES string of the molecule is C/C=C(\C=C(\F)CC)CNC(=O)Oc1ccccc1. The molecule has 0 spiro atoms. The summed E-state index contributed by atoms with van der Waals surface area (Å²) in [6.07, 6.45) is 2.95. The molecule has 0 aromatic heterocycles. The second kappa shape index (κ2) is 8.08. The molecule has 0 bridgehead atoms. The zero-order chi connectivity index (χ0) is 14.1. The van der Waals surface area contributed by atoms with Gasteiger partial charge in [0.05, 0.1) is 5.83 Å². The number of benzene rings is 1. The molecule has 102 valence electrons. The molecule has 0 heterocycles. The van der Waals surface area contributed by atoms with E-state index in [-0.39, 0.29) is 12.4 Å². The van der Waals surface area contributed by atoms with Crippen LogP contribution < -0.4 is 10.1 Å². The van der Waals surface area contributed by atoms with E-state index in [1.54, 1.807) is 44.2 Å². The van der Waals surface area contributed by atoms with Crippen LogP contribution in [-0.4, -0.2) is 12.6 Å². The average Bonchev–Trinajstić information content (AvgIpc) is 2.44. The van der Waals surface area contributed by atoms with Crippen molar-refractivity contribution in [2.75, 3.05) is 6.54 Å². The van der Waals surface area contributed by atoms with E-state index in [2.05, 4.69) is 5.32 Å². The molecule has 1 aromatic carbocycles. The van der Waals surface area contributed by atoms with Crippen molar-refractivity contribution in [2.24, 2.45) is 0 Å². The van der Waals surface area contributed by atoms with Gasteiger partial charge >= 0.3 is 6.09 Å². The van der Waals surface area contributed by atoms with Gasteiger partial charge in [-0.1, -0.05) is 31.2 Å². The van der Waals surface area contributed by atoms with Crippen molar-refractivity contribution in [2.45, 2.75) is 20.3 Å². The first-order chi connectivity index (χ1) is 9.15. The first-order valence-electron chi connectivity index (χ1n) is 6.17. The average molecular weight is 263 g/mol. The Morgan fingerprint density at radius 2 is 2.05 bits per heavy atom. The Hall–Kier alpha value is -2.10. The minimum atomic E-state index is -0.559. The number of ether oxygens (including phenoxy) is 1. The number of carbonyl (C=O) groups excluding carboxylic acids is 1. The molecule has 0 unspecified atom stereocenters. The summed E-state index contributed by atoms with van der Waals surface area (Å²) in [5, 5.41) is 2.57. The normalized spacial score (nSPS) is 12.2. The van der Waals surface area contributed by atoms with E-state index < -0.39 is 6.09 Å². The van der Waals surface area contributed by atoms with Gasteiger partial charge < -0.3 is 10.1 Å². The lowest BCUT2D eigenvalue weighted by atomic mass is 10.2. The maximum atomic E-state index is 13.1. The highest BCUT2D eigenvalue weighted by Gasteiger charge is 2.04. The third-order valence-corrected chi connectivity index (χ3v) is 2.44. The Kier molecular flexibility index (Phi) is 6.36. The smallest absolute Gasteiger partial charge is 0.410 e. The molecule has 0 aliphatic heterocycles. The summed E-state index contributed by atoms with van der Waals surface area (Å²) in [6.45, 7) is 3.75. The van der Waals surface area contributed by atoms with E-state index in [0.717, 1.165) is 0 Å². The number of hydrogen-bond acceptors (Lipinski definition) is 2. The van der Waals surface area contributed by atoms with Crippen LogP contribution in [0.4, 0.5) is 9.18 Å². The van der Waals surface area contributed by atoms with Gasteiger partial charge in [-0.05, 0) is 37.1 Å². The number of rotatable bonds is 5. The molecule has 0 saturated carbocycles. The van der Waals surface area contributed by atoms with Gasteiger partial charge in [-0.25, -0.2) is 9.18 Å². The van der Waals surface area contributed by atoms with Crippen LogP contribution in [0, 0.1) is 0 Å². The molecule has 4 heteroatoms. The first-order valence-corrected chi connectivity index (χ1v) is 6.17. The van der Waals surface area contributed by atoms with Gasteiger partial charge in [0.25, 0.3) is 0 Å². The van der Waals surface area contributed by atoms with Crippen LogP contribution in [0.15, 0.2) is 53.9 Å². The number of carbonyl (C=O) groups is 1. The van der Waals surface area contributed by atoms with Gasteiger partial charge in [0.15, 0.2) is 0 Å². The number of amides is 1. The van der Waals surface area contributed by atoms with Crippen molar-refractivity contribution in [3.05, 3.63) is 53.9 Å². The van der Waals surface area contributed by atoms with Crippen molar-refractivity contribution >= 4 is 6.09 Å². The molecular weight excluding hydrogens is 245 g/mol. The van der Waals surface area contributed by atoms with Crippen molar-refractivity contribution in [3.63, 3.8) is 0 Å². The standard InChI is InChI=1S/C15H18FNO2/c1-3-12(10-13(16)4-2)11-17-15(18)19-14-8-6-5-7-9-14/h3,5-10H,4,11H2,1-2H3,(H,17,18)/b12-3+,13-10+. The molecule has 1 amide bonds. The lowest BCUT2D eigenvalue weighted by molar-refractivity contribution is 0.201. The van der Waals surface area contributed by atoms with E-state index in [1.807, 2.05) is 6.07 Å². The zero-order valence-electron chi connectivity index (χ0n) is 11.2. The van der Waals surface area contributed by atoms with Crippen LogP contribution in [0.2, 0.25) is 0 Å². The van der Waals surface area contributed by atoms with E-state index in [4.69, 9.17) is 4.74 Å². The molecule has 1 rings (SSSR count). The molecular formula is C15H18FNO2. The van der Waals surface area contributed by atoms with Gasteiger partial charge in [0.2, 0.25) is 0 Å². The third-order valence-electron chi connectivity index (χ3n) is 2.44. The highest BCUT2D eigenvalue weighted by Crippen LogP contribution is 2.09. The van der Waals surface area contributed by atoms with Gasteiger partial charge in [-0.15, -0.1) is 0 Å². The minimum Gasteiger partial charge on any atom is -0.410 e. The predicted molar refractivity (Wildman–Crippen MR) is 73.7 cm³/mol. The lowest BCUT2D eigenvalue weighted by Gasteiger charge is -2.07. The topological polar surface area (TPSA) is 38.3 Å². The van der Waals surface area contributed by atoms with E-state index in [0.29, 0.717) is 17.7 Å². The fraction of sp³-hybridized carbons (Fsp3) is 0.267. The summed E-state index contributed by atoms with van der Waals surface area (Å²) in [5.74, 6) is 0.253. The van der Waals surface area contributed by atoms with Crippen LogP contribution in [0.25, 0.3) is 0 Å². The summed E-state index contributed by atoms with van der Waals surface area (Å²) >= 11 is 0. The van der Waals surface area contributed by atoms with Gasteiger partial charge in [0, 0.05) is 6.54 Å². The van der Waals surface area contributed by atoms with Gasteiger partial charge in [-0.3, -0.25) is 0 Å². The van der Waals surface area contributed by atoms with Crippen LogP contribution in [0.5, 0.6) is 5.75 Å². The summed E-state index contributed by atoms with van der Waals surface area (Å²) in [4.78, 5) is 11.5. The summed E-state index contributed by atoms with van der Waals surface area (Å²) in [6, 6.07) is 8.76. The molecule has 0 saturated heterocycles. The molecule has 0 fully saturated rings. The van der Waals surface area contributed by atoms with Crippen LogP contribution in [0.1, 0.15) is 20.3 Å². The van der Waals surface area contributed by atoms with Crippen molar-refractivity contribution in [3.8, 4) is 5.75 Å². The third kappa shape index (κ3) is 5.86. The fourth-order valence-corrected chi connectivity index (χ4v) is 1.35. The highest BCUT2D eigenvalue weighted by atomic mass is 19.1. The Morgan fingerprint density at radius 3 is 2.63 bits per heavy atom. The van der Waals surface area contributed by atoms with Crippen LogP contribution >= 0.6 is 0 Å². The Balaban J connectivity index is 2.46. The molecule has 0 aliphatic rings. The van der Waals surface area contributed by atoms with Crippen LogP contribution in [-0.2, 0) is 0 Å². The summed E-state index contributed by atoms with van der Waals surface area (Å²) in [7, 11) is 0. The molecule has 19 heavy (non-hydrogen) atoms. The quantitative estimate of drug-likeness (QED) is 0.816. The number of halogens is 1. The summed E-state index contributed by atoms with van der Waals surface area (Å²) in [5.41, 5.74) is 0.698. The zero-order valence-corrected chi connectivity index (χ0v) is 11.2. The van der Waals surface area contributed by atoms with E-state index in [9.17, 15) is 9.18 Å². The first kappa shape index (κ1) is 15.0. The van der Waals surface area contributed by atoms with Crippen molar-refractivity contribution in [1.82, 2.24) is 5.32 Å². The fourth-order valence-electron chi connectivity index (χ4n) is 1.35. The number of nitrogens with one attached hydrogen (secondary N) is 1. The Bertz CT molecular complexity index is 466. The highest BCUT2D eigenvalue weighted by molar-refractivity contribution is 5.70. The van der Waals surface area contributed by atoms with Gasteiger partial charge in [-0.2, -0.15) is 0 Å². The molecule has 0 aliphatic carbocycles. The molecule has 3 nitrogen and oxygen atoms in total. The molecule has 0 atom stereocenters. The second-order valence-corrected chi connectivity index (χ2v) is 3.86. The molecule has 1 aromatic rings. The van der Waals surface area contributed by atoms with Crippen molar-refractivity contribution in [1.29, 1.82) is 0 Å². The van der Waals surface area contributed by atoms with E-state index >= 15 is 0 Å². The number of para-hydroxylation sites is 1. The Labute approximate surface area is 112 Å². The molecule has 1 N–H and O–H groups in total.